The second-order valence-electron chi connectivity index (χ2n) is 5.78. The van der Waals surface area contributed by atoms with E-state index in [4.69, 9.17) is 4.74 Å². The second-order valence-corrected chi connectivity index (χ2v) is 5.78. The molecule has 0 heterocycles. The van der Waals surface area contributed by atoms with E-state index in [0.29, 0.717) is 17.9 Å². The molecule has 2 aromatic rings. The predicted octanol–water partition coefficient (Wildman–Crippen LogP) is 5.72. The number of carbonyl (C=O) groups excluding carboxylic acids is 1. The first-order chi connectivity index (χ1) is 11.7. The standard InChI is InChI=1S/C21H25NO2/c1-3-5-10-17-13-15-18(16-14-17)21(23)24-20(9-4-2)22-19-11-7-6-8-12-19/h6-8,11-16H,3-5,9-10H2,1-2H3. The Morgan fingerprint density at radius 1 is 0.958 bits per heavy atom. The molecule has 0 unspecified atom stereocenters. The van der Waals surface area contributed by atoms with Gasteiger partial charge in [0.1, 0.15) is 0 Å². The van der Waals surface area contributed by atoms with Crippen LogP contribution in [0, 0.1) is 0 Å². The van der Waals surface area contributed by atoms with Crippen LogP contribution in [0.4, 0.5) is 5.69 Å². The van der Waals surface area contributed by atoms with Crippen molar-refractivity contribution in [2.24, 2.45) is 4.99 Å². The van der Waals surface area contributed by atoms with Gasteiger partial charge >= 0.3 is 5.97 Å². The summed E-state index contributed by atoms with van der Waals surface area (Å²) in [6, 6.07) is 17.2. The number of nitrogens with zero attached hydrogens (tertiary/aromatic N) is 1. The number of hydrogen-bond donors (Lipinski definition) is 0. The zero-order chi connectivity index (χ0) is 17.2. The van der Waals surface area contributed by atoms with Crippen LogP contribution < -0.4 is 0 Å². The third kappa shape index (κ3) is 5.65. The van der Waals surface area contributed by atoms with Crippen LogP contribution in [0.2, 0.25) is 0 Å². The second kappa shape index (κ2) is 9.66. The molecule has 0 aliphatic carbocycles. The highest BCUT2D eigenvalue weighted by Gasteiger charge is 2.11. The molecule has 0 saturated carbocycles. The SMILES string of the molecule is CCCCc1ccc(C(=O)OC(CCC)=Nc2ccccc2)cc1. The highest BCUT2D eigenvalue weighted by Crippen LogP contribution is 2.14. The van der Waals surface area contributed by atoms with E-state index in [9.17, 15) is 4.79 Å². The Hall–Kier alpha value is -2.42. The molecule has 126 valence electrons. The number of carbonyl (C=O) groups is 1. The van der Waals surface area contributed by atoms with Gasteiger partial charge in [-0.15, -0.1) is 0 Å². The van der Waals surface area contributed by atoms with E-state index in [1.807, 2.05) is 61.5 Å². The van der Waals surface area contributed by atoms with Crippen molar-refractivity contribution in [2.75, 3.05) is 0 Å². The molecule has 2 aromatic carbocycles. The van der Waals surface area contributed by atoms with Crippen LogP contribution >= 0.6 is 0 Å². The van der Waals surface area contributed by atoms with Gasteiger partial charge in [0.15, 0.2) is 5.90 Å². The normalized spacial score (nSPS) is 11.3. The van der Waals surface area contributed by atoms with Crippen molar-refractivity contribution in [1.29, 1.82) is 0 Å². The molecular weight excluding hydrogens is 298 g/mol. The number of benzene rings is 2. The van der Waals surface area contributed by atoms with Crippen LogP contribution in [0.1, 0.15) is 55.5 Å². The zero-order valence-corrected chi connectivity index (χ0v) is 14.5. The molecule has 0 amide bonds. The number of esters is 1. The third-order valence-corrected chi connectivity index (χ3v) is 3.69. The summed E-state index contributed by atoms with van der Waals surface area (Å²) < 4.78 is 5.51. The Bertz CT molecular complexity index is 660. The lowest BCUT2D eigenvalue weighted by molar-refractivity contribution is 0.0712. The fourth-order valence-corrected chi connectivity index (χ4v) is 2.34. The van der Waals surface area contributed by atoms with Crippen molar-refractivity contribution in [2.45, 2.75) is 46.0 Å². The van der Waals surface area contributed by atoms with Gasteiger partial charge in [-0.05, 0) is 49.1 Å². The Balaban J connectivity index is 2.06. The van der Waals surface area contributed by atoms with Crippen molar-refractivity contribution < 1.29 is 9.53 Å². The van der Waals surface area contributed by atoms with Crippen LogP contribution in [-0.4, -0.2) is 11.9 Å². The molecule has 0 atom stereocenters. The lowest BCUT2D eigenvalue weighted by Crippen LogP contribution is -2.12. The maximum absolute atomic E-state index is 12.3. The maximum Gasteiger partial charge on any atom is 0.344 e. The molecule has 0 aromatic heterocycles. The van der Waals surface area contributed by atoms with Crippen molar-refractivity contribution >= 4 is 17.6 Å². The Morgan fingerprint density at radius 3 is 2.29 bits per heavy atom. The van der Waals surface area contributed by atoms with Gasteiger partial charge in [0.25, 0.3) is 0 Å². The van der Waals surface area contributed by atoms with Crippen LogP contribution in [0.25, 0.3) is 0 Å². The van der Waals surface area contributed by atoms with Crippen LogP contribution in [0.5, 0.6) is 0 Å². The van der Waals surface area contributed by atoms with E-state index >= 15 is 0 Å². The number of unbranched alkanes of at least 4 members (excludes halogenated alkanes) is 1. The molecule has 0 fully saturated rings. The molecule has 0 saturated heterocycles. The molecule has 2 rings (SSSR count). The highest BCUT2D eigenvalue weighted by atomic mass is 16.5. The van der Waals surface area contributed by atoms with E-state index in [0.717, 1.165) is 24.9 Å². The van der Waals surface area contributed by atoms with Crippen LogP contribution in [0.3, 0.4) is 0 Å². The van der Waals surface area contributed by atoms with Gasteiger partial charge in [-0.3, -0.25) is 0 Å². The lowest BCUT2D eigenvalue weighted by atomic mass is 10.1. The number of hydrogen-bond acceptors (Lipinski definition) is 3. The molecule has 3 nitrogen and oxygen atoms in total. The fraction of sp³-hybridized carbons (Fsp3) is 0.333. The minimum atomic E-state index is -0.347. The van der Waals surface area contributed by atoms with Crippen molar-refractivity contribution in [3.05, 3.63) is 65.7 Å². The van der Waals surface area contributed by atoms with Crippen molar-refractivity contribution in [1.82, 2.24) is 0 Å². The minimum absolute atomic E-state index is 0.347. The van der Waals surface area contributed by atoms with Crippen molar-refractivity contribution in [3.8, 4) is 0 Å². The summed E-state index contributed by atoms with van der Waals surface area (Å²) in [6.45, 7) is 4.21. The average Bonchev–Trinajstić information content (AvgIpc) is 2.61. The van der Waals surface area contributed by atoms with Gasteiger partial charge in [0.2, 0.25) is 0 Å². The summed E-state index contributed by atoms with van der Waals surface area (Å²) in [6.07, 6.45) is 4.88. The zero-order valence-electron chi connectivity index (χ0n) is 14.5. The summed E-state index contributed by atoms with van der Waals surface area (Å²) >= 11 is 0. The maximum atomic E-state index is 12.3. The minimum Gasteiger partial charge on any atom is -0.408 e. The molecule has 24 heavy (non-hydrogen) atoms. The Kier molecular flexibility index (Phi) is 7.21. The summed E-state index contributed by atoms with van der Waals surface area (Å²) in [4.78, 5) is 16.8. The average molecular weight is 323 g/mol. The summed E-state index contributed by atoms with van der Waals surface area (Å²) in [5.74, 6) is 0.115. The Labute approximate surface area is 144 Å². The first-order valence-corrected chi connectivity index (χ1v) is 8.66. The largest absolute Gasteiger partial charge is 0.408 e. The molecule has 0 aliphatic heterocycles. The number of aryl methyl sites for hydroxylation is 1. The molecule has 0 aliphatic rings. The number of aliphatic imine (C=N–C) groups is 1. The van der Waals surface area contributed by atoms with Gasteiger partial charge in [-0.25, -0.2) is 9.79 Å². The van der Waals surface area contributed by atoms with Gasteiger partial charge in [0.05, 0.1) is 11.3 Å². The van der Waals surface area contributed by atoms with E-state index in [1.54, 1.807) is 0 Å². The first kappa shape index (κ1) is 17.9. The molecular formula is C21H25NO2. The summed E-state index contributed by atoms with van der Waals surface area (Å²) in [5, 5.41) is 0. The molecule has 0 bridgehead atoms. The smallest absolute Gasteiger partial charge is 0.344 e. The summed E-state index contributed by atoms with van der Waals surface area (Å²) in [5.41, 5.74) is 2.61. The van der Waals surface area contributed by atoms with Gasteiger partial charge in [0, 0.05) is 6.42 Å². The molecule has 0 N–H and O–H groups in total. The predicted molar refractivity (Wildman–Crippen MR) is 98.9 cm³/mol. The topological polar surface area (TPSA) is 38.7 Å². The van der Waals surface area contributed by atoms with Crippen LogP contribution in [-0.2, 0) is 11.2 Å². The van der Waals surface area contributed by atoms with Gasteiger partial charge in [-0.2, -0.15) is 0 Å². The lowest BCUT2D eigenvalue weighted by Gasteiger charge is -2.08. The monoisotopic (exact) mass is 323 g/mol. The fourth-order valence-electron chi connectivity index (χ4n) is 2.34. The number of ether oxygens (including phenoxy) is 1. The summed E-state index contributed by atoms with van der Waals surface area (Å²) in [7, 11) is 0. The van der Waals surface area contributed by atoms with E-state index in [2.05, 4.69) is 11.9 Å². The van der Waals surface area contributed by atoms with Crippen molar-refractivity contribution in [3.63, 3.8) is 0 Å². The highest BCUT2D eigenvalue weighted by molar-refractivity contribution is 5.98. The van der Waals surface area contributed by atoms with E-state index in [-0.39, 0.29) is 5.97 Å². The molecule has 3 heteroatoms. The Morgan fingerprint density at radius 2 is 1.67 bits per heavy atom. The van der Waals surface area contributed by atoms with E-state index in [1.165, 1.54) is 12.0 Å². The number of para-hydroxylation sites is 1. The van der Waals surface area contributed by atoms with Gasteiger partial charge < -0.3 is 4.74 Å². The van der Waals surface area contributed by atoms with E-state index < -0.39 is 0 Å². The quantitative estimate of drug-likeness (QED) is 0.371. The number of rotatable bonds is 7. The van der Waals surface area contributed by atoms with Crippen LogP contribution in [0.15, 0.2) is 59.6 Å². The molecule has 0 radical (unpaired) electrons. The third-order valence-electron chi connectivity index (χ3n) is 3.69. The van der Waals surface area contributed by atoms with Gasteiger partial charge in [-0.1, -0.05) is 50.6 Å². The molecule has 0 spiro atoms. The first-order valence-electron chi connectivity index (χ1n) is 8.66.